The molecule has 11 heteroatoms. The number of carbonyl (C=O) groups is 3. The summed E-state index contributed by atoms with van der Waals surface area (Å²) >= 11 is 0. The molecule has 2 unspecified atom stereocenters. The third kappa shape index (κ3) is 4.82. The molecule has 5 rings (SSSR count). The van der Waals surface area contributed by atoms with Crippen LogP contribution in [0.2, 0.25) is 0 Å². The molecule has 0 radical (unpaired) electrons. The summed E-state index contributed by atoms with van der Waals surface area (Å²) in [6.45, 7) is 11.5. The minimum Gasteiger partial charge on any atom is -0.465 e. The van der Waals surface area contributed by atoms with Gasteiger partial charge in [-0.05, 0) is 57.6 Å². The number of para-hydroxylation sites is 1. The molecule has 2 amide bonds. The van der Waals surface area contributed by atoms with Crippen molar-refractivity contribution in [2.75, 3.05) is 19.8 Å². The van der Waals surface area contributed by atoms with E-state index in [1.807, 2.05) is 44.2 Å². The van der Waals surface area contributed by atoms with Gasteiger partial charge in [0, 0.05) is 6.54 Å². The summed E-state index contributed by atoms with van der Waals surface area (Å²) in [6, 6.07) is 5.81. The highest BCUT2D eigenvalue weighted by Gasteiger charge is 2.79. The SMILES string of the molecule is C=CCCCCOC(=O)[C@@H]1[C@H]2C(=O)N([C@@H](CC)CO)C(C(=O)N(CC=C)Cn3nnc4ccccc43)C23CC[C@@]1(C)O3. The highest BCUT2D eigenvalue weighted by Crippen LogP contribution is 2.63. The number of hydrogen-bond acceptors (Lipinski definition) is 8. The molecule has 2 aromatic rings. The van der Waals surface area contributed by atoms with Crippen LogP contribution in [0.3, 0.4) is 0 Å². The standard InChI is InChI=1S/C31H41N5O6/c1-5-8-9-12-18-41-29(40)25-24-27(38)36(21(7-3)19-37)26(31(24)16-15-30(25,4)42-31)28(39)34(17-6-2)20-35-23-14-11-10-13-22(23)32-33-35/h5-6,10-11,13-14,21,24-26,37H,1-2,7-9,12,15-20H2,3-4H3/t21-,24-,25-,26?,30+,31?/m0/s1. The molecule has 3 aliphatic heterocycles. The second kappa shape index (κ2) is 12.0. The lowest BCUT2D eigenvalue weighted by Gasteiger charge is -2.39. The predicted molar refractivity (Wildman–Crippen MR) is 155 cm³/mol. The van der Waals surface area contributed by atoms with Crippen LogP contribution in [0.5, 0.6) is 0 Å². The molecule has 1 aromatic heterocycles. The number of rotatable bonds is 14. The van der Waals surface area contributed by atoms with Crippen LogP contribution in [0.4, 0.5) is 0 Å². The predicted octanol–water partition coefficient (Wildman–Crippen LogP) is 2.84. The molecule has 42 heavy (non-hydrogen) atoms. The number of aliphatic hydroxyl groups is 1. The van der Waals surface area contributed by atoms with Crippen molar-refractivity contribution in [1.82, 2.24) is 24.8 Å². The summed E-state index contributed by atoms with van der Waals surface area (Å²) in [5, 5.41) is 18.8. The number of nitrogens with zero attached hydrogens (tertiary/aromatic N) is 5. The summed E-state index contributed by atoms with van der Waals surface area (Å²) in [7, 11) is 0. The van der Waals surface area contributed by atoms with E-state index in [1.54, 1.807) is 15.7 Å². The number of likely N-dealkylation sites (tertiary alicyclic amines) is 1. The van der Waals surface area contributed by atoms with Gasteiger partial charge in [0.25, 0.3) is 0 Å². The molecule has 0 aliphatic carbocycles. The van der Waals surface area contributed by atoms with E-state index < -0.39 is 41.1 Å². The monoisotopic (exact) mass is 579 g/mol. The van der Waals surface area contributed by atoms with Gasteiger partial charge in [-0.2, -0.15) is 0 Å². The van der Waals surface area contributed by atoms with Crippen LogP contribution in [0.1, 0.15) is 52.4 Å². The Morgan fingerprint density at radius 3 is 2.76 bits per heavy atom. The molecule has 2 bridgehead atoms. The normalized spacial score (nSPS) is 28.6. The van der Waals surface area contributed by atoms with Gasteiger partial charge >= 0.3 is 5.97 Å². The van der Waals surface area contributed by atoms with E-state index in [9.17, 15) is 19.5 Å². The third-order valence-electron chi connectivity index (χ3n) is 9.21. The first-order valence-corrected chi connectivity index (χ1v) is 14.8. The van der Waals surface area contributed by atoms with Crippen LogP contribution in [0.15, 0.2) is 49.6 Å². The Bertz CT molecular complexity index is 1360. The Morgan fingerprint density at radius 1 is 1.26 bits per heavy atom. The zero-order chi connectivity index (χ0) is 30.1. The average molecular weight is 580 g/mol. The molecule has 6 atom stereocenters. The minimum atomic E-state index is -1.22. The van der Waals surface area contributed by atoms with Crippen molar-refractivity contribution in [2.45, 2.75) is 82.3 Å². The summed E-state index contributed by atoms with van der Waals surface area (Å²) in [4.78, 5) is 45.5. The maximum Gasteiger partial charge on any atom is 0.312 e. The second-order valence-corrected chi connectivity index (χ2v) is 11.7. The van der Waals surface area contributed by atoms with Crippen LogP contribution >= 0.6 is 0 Å². The van der Waals surface area contributed by atoms with Gasteiger partial charge in [0.15, 0.2) is 0 Å². The van der Waals surface area contributed by atoms with Gasteiger partial charge < -0.3 is 24.4 Å². The van der Waals surface area contributed by atoms with Gasteiger partial charge in [-0.25, -0.2) is 4.68 Å². The van der Waals surface area contributed by atoms with Gasteiger partial charge in [-0.15, -0.1) is 18.3 Å². The minimum absolute atomic E-state index is 0.0774. The Hall–Kier alpha value is -3.57. The summed E-state index contributed by atoms with van der Waals surface area (Å²) in [6.07, 6.45) is 7.19. The van der Waals surface area contributed by atoms with E-state index >= 15 is 0 Å². The summed E-state index contributed by atoms with van der Waals surface area (Å²) < 4.78 is 14.0. The maximum atomic E-state index is 14.6. The number of hydrogen-bond donors (Lipinski definition) is 1. The lowest BCUT2D eigenvalue weighted by atomic mass is 9.66. The van der Waals surface area contributed by atoms with Crippen LogP contribution in [-0.2, 0) is 30.5 Å². The zero-order valence-electron chi connectivity index (χ0n) is 24.5. The van der Waals surface area contributed by atoms with Crippen molar-refractivity contribution < 1.29 is 29.0 Å². The molecule has 0 saturated carbocycles. The van der Waals surface area contributed by atoms with Crippen LogP contribution in [0.25, 0.3) is 11.0 Å². The van der Waals surface area contributed by atoms with Crippen molar-refractivity contribution >= 4 is 28.8 Å². The highest BCUT2D eigenvalue weighted by molar-refractivity contribution is 5.98. The third-order valence-corrected chi connectivity index (χ3v) is 9.21. The van der Waals surface area contributed by atoms with Gasteiger partial charge in [0.1, 0.15) is 29.7 Å². The number of benzene rings is 1. The van der Waals surface area contributed by atoms with Crippen molar-refractivity contribution in [3.8, 4) is 0 Å². The van der Waals surface area contributed by atoms with Crippen molar-refractivity contribution in [3.63, 3.8) is 0 Å². The Morgan fingerprint density at radius 2 is 2.05 bits per heavy atom. The fourth-order valence-electron chi connectivity index (χ4n) is 7.19. The molecule has 1 spiro atoms. The molecule has 1 N–H and O–H groups in total. The Kier molecular flexibility index (Phi) is 8.52. The molecule has 11 nitrogen and oxygen atoms in total. The van der Waals surface area contributed by atoms with E-state index in [2.05, 4.69) is 23.5 Å². The summed E-state index contributed by atoms with van der Waals surface area (Å²) in [5.41, 5.74) is -0.696. The first kappa shape index (κ1) is 29.9. The number of carbonyl (C=O) groups excluding carboxylic acids is 3. The zero-order valence-corrected chi connectivity index (χ0v) is 24.5. The van der Waals surface area contributed by atoms with E-state index in [0.717, 1.165) is 18.4 Å². The van der Waals surface area contributed by atoms with Crippen LogP contribution < -0.4 is 0 Å². The highest BCUT2D eigenvalue weighted by atomic mass is 16.6. The quantitative estimate of drug-likeness (QED) is 0.206. The number of esters is 1. The number of allylic oxidation sites excluding steroid dienone is 1. The second-order valence-electron chi connectivity index (χ2n) is 11.7. The molecule has 3 aliphatic rings. The van der Waals surface area contributed by atoms with Gasteiger partial charge in [-0.3, -0.25) is 14.4 Å². The molecule has 3 fully saturated rings. The molecule has 1 aromatic carbocycles. The van der Waals surface area contributed by atoms with Crippen molar-refractivity contribution in [1.29, 1.82) is 0 Å². The first-order chi connectivity index (χ1) is 20.3. The number of aromatic nitrogens is 3. The van der Waals surface area contributed by atoms with Crippen LogP contribution in [-0.4, -0.2) is 90.7 Å². The maximum absolute atomic E-state index is 14.6. The van der Waals surface area contributed by atoms with Crippen molar-refractivity contribution in [3.05, 3.63) is 49.6 Å². The smallest absolute Gasteiger partial charge is 0.312 e. The topological polar surface area (TPSA) is 127 Å². The number of ether oxygens (including phenoxy) is 2. The van der Waals surface area contributed by atoms with Crippen molar-refractivity contribution in [2.24, 2.45) is 11.8 Å². The summed E-state index contributed by atoms with van der Waals surface area (Å²) in [5.74, 6) is -2.90. The average Bonchev–Trinajstić information content (AvgIpc) is 3.69. The van der Waals surface area contributed by atoms with E-state index in [4.69, 9.17) is 9.47 Å². The van der Waals surface area contributed by atoms with E-state index in [0.29, 0.717) is 31.2 Å². The number of unbranched alkanes of at least 4 members (excludes halogenated alkanes) is 2. The largest absolute Gasteiger partial charge is 0.465 e. The van der Waals surface area contributed by atoms with E-state index in [1.165, 1.54) is 4.90 Å². The molecular formula is C31H41N5O6. The Balaban J connectivity index is 1.49. The number of amides is 2. The lowest BCUT2D eigenvalue weighted by molar-refractivity contribution is -0.162. The fourth-order valence-corrected chi connectivity index (χ4v) is 7.19. The first-order valence-electron chi connectivity index (χ1n) is 14.8. The molecule has 3 saturated heterocycles. The van der Waals surface area contributed by atoms with Gasteiger partial charge in [-0.1, -0.05) is 36.4 Å². The molecular weight excluding hydrogens is 538 g/mol. The Labute approximate surface area is 246 Å². The van der Waals surface area contributed by atoms with Gasteiger partial charge in [0.05, 0.1) is 36.3 Å². The van der Waals surface area contributed by atoms with E-state index in [-0.39, 0.29) is 38.2 Å². The van der Waals surface area contributed by atoms with Gasteiger partial charge in [0.2, 0.25) is 11.8 Å². The fraction of sp³-hybridized carbons (Fsp3) is 0.581. The molecule has 4 heterocycles. The number of fused-ring (bicyclic) bond motifs is 2. The molecule has 226 valence electrons. The lowest BCUT2D eigenvalue weighted by Crippen LogP contribution is -2.59. The number of aliphatic hydroxyl groups excluding tert-OH is 1. The van der Waals surface area contributed by atoms with Crippen LogP contribution in [0, 0.1) is 11.8 Å².